The summed E-state index contributed by atoms with van der Waals surface area (Å²) in [4.78, 5) is 16.8. The van der Waals surface area contributed by atoms with Crippen LogP contribution in [-0.4, -0.2) is 49.1 Å². The first-order valence-electron chi connectivity index (χ1n) is 9.72. The van der Waals surface area contributed by atoms with Crippen LogP contribution in [0.5, 0.6) is 0 Å². The first-order valence-corrected chi connectivity index (χ1v) is 9.72. The number of carbonyl (C=O) groups excluding carboxylic acids is 1. The maximum atomic E-state index is 11.9. The van der Waals surface area contributed by atoms with Crippen LogP contribution in [0.15, 0.2) is 54.6 Å². The van der Waals surface area contributed by atoms with Gasteiger partial charge in [0, 0.05) is 50.0 Å². The van der Waals surface area contributed by atoms with Crippen molar-refractivity contribution in [3.8, 4) is 0 Å². The van der Waals surface area contributed by atoms with Gasteiger partial charge in [0.1, 0.15) is 6.04 Å². The average molecular weight is 367 g/mol. The van der Waals surface area contributed by atoms with Gasteiger partial charge in [-0.05, 0) is 37.6 Å². The minimum atomic E-state index is -0.430. The zero-order chi connectivity index (χ0) is 19.2. The summed E-state index contributed by atoms with van der Waals surface area (Å²) >= 11 is 0. The maximum absolute atomic E-state index is 11.9. The van der Waals surface area contributed by atoms with Gasteiger partial charge in [0.2, 0.25) is 5.91 Å². The lowest BCUT2D eigenvalue weighted by atomic mass is 10.1. The van der Waals surface area contributed by atoms with Crippen LogP contribution in [0.25, 0.3) is 0 Å². The summed E-state index contributed by atoms with van der Waals surface area (Å²) in [5, 5.41) is 3.32. The second kappa shape index (κ2) is 8.91. The van der Waals surface area contributed by atoms with Crippen molar-refractivity contribution in [1.82, 2.24) is 4.90 Å². The molecule has 1 fully saturated rings. The fraction of sp³-hybridized carbons (Fsp3) is 0.409. The van der Waals surface area contributed by atoms with E-state index in [4.69, 9.17) is 5.73 Å². The van der Waals surface area contributed by atoms with E-state index in [1.165, 1.54) is 5.69 Å². The lowest BCUT2D eigenvalue weighted by molar-refractivity contribution is -0.118. The van der Waals surface area contributed by atoms with E-state index >= 15 is 0 Å². The van der Waals surface area contributed by atoms with E-state index in [9.17, 15) is 4.79 Å². The van der Waals surface area contributed by atoms with E-state index < -0.39 is 6.04 Å². The number of carbonyl (C=O) groups is 1. The molecule has 5 nitrogen and oxygen atoms in total. The first kappa shape index (κ1) is 19.2. The molecule has 0 radical (unpaired) electrons. The maximum Gasteiger partial charge on any atom is 0.240 e. The molecule has 27 heavy (non-hydrogen) atoms. The minimum absolute atomic E-state index is 0.338. The van der Waals surface area contributed by atoms with Crippen molar-refractivity contribution in [2.24, 2.45) is 5.73 Å². The Morgan fingerprint density at radius 1 is 1.04 bits per heavy atom. The number of amides is 1. The highest BCUT2D eigenvalue weighted by Gasteiger charge is 2.20. The van der Waals surface area contributed by atoms with Gasteiger partial charge >= 0.3 is 0 Å². The van der Waals surface area contributed by atoms with E-state index in [0.29, 0.717) is 12.5 Å². The van der Waals surface area contributed by atoms with E-state index in [2.05, 4.69) is 41.1 Å². The Labute approximate surface area is 162 Å². The van der Waals surface area contributed by atoms with Crippen LogP contribution in [0, 0.1) is 0 Å². The van der Waals surface area contributed by atoms with Crippen LogP contribution in [0.4, 0.5) is 11.4 Å². The minimum Gasteiger partial charge on any atom is -0.373 e. The Morgan fingerprint density at radius 3 is 2.37 bits per heavy atom. The molecule has 5 heteroatoms. The van der Waals surface area contributed by atoms with Gasteiger partial charge in [-0.25, -0.2) is 0 Å². The molecule has 1 aliphatic heterocycles. The number of piperazine rings is 1. The quantitative estimate of drug-likeness (QED) is 0.791. The molecule has 3 rings (SSSR count). The summed E-state index contributed by atoms with van der Waals surface area (Å²) in [6, 6.07) is 18.4. The molecular formula is C22H30N4O. The molecule has 1 atom stereocenters. The summed E-state index contributed by atoms with van der Waals surface area (Å²) in [5.41, 5.74) is 8.85. The molecule has 2 aromatic carbocycles. The molecule has 2 aromatic rings. The van der Waals surface area contributed by atoms with Crippen molar-refractivity contribution in [3.05, 3.63) is 60.2 Å². The van der Waals surface area contributed by atoms with Gasteiger partial charge in [0.25, 0.3) is 0 Å². The Balaban J connectivity index is 1.66. The Kier molecular flexibility index (Phi) is 6.35. The van der Waals surface area contributed by atoms with E-state index in [-0.39, 0.29) is 5.91 Å². The van der Waals surface area contributed by atoms with E-state index in [1.807, 2.05) is 42.5 Å². The molecule has 1 amide bonds. The summed E-state index contributed by atoms with van der Waals surface area (Å²) in [7, 11) is 0. The van der Waals surface area contributed by atoms with Gasteiger partial charge in [0.15, 0.2) is 0 Å². The zero-order valence-electron chi connectivity index (χ0n) is 16.3. The normalized spacial score (nSPS) is 16.3. The number of anilines is 2. The number of rotatable bonds is 7. The standard InChI is InChI=1S/C22H30N4O/c1-17(2)25-11-13-26(14-12-25)20-10-6-9-19(16-20)24-21(22(23)27)15-18-7-4-3-5-8-18/h3-10,16-17,21,24H,11-15H2,1-2H3,(H2,23,27). The summed E-state index contributed by atoms with van der Waals surface area (Å²) in [6.45, 7) is 8.68. The molecule has 3 N–H and O–H groups in total. The molecule has 1 aliphatic rings. The van der Waals surface area contributed by atoms with Crippen LogP contribution < -0.4 is 16.0 Å². The number of primary amides is 1. The highest BCUT2D eigenvalue weighted by Crippen LogP contribution is 2.22. The number of nitrogens with two attached hydrogens (primary N) is 1. The lowest BCUT2D eigenvalue weighted by Gasteiger charge is -2.38. The molecule has 0 saturated carbocycles. The Hall–Kier alpha value is -2.53. The van der Waals surface area contributed by atoms with Crippen LogP contribution in [-0.2, 0) is 11.2 Å². The fourth-order valence-corrected chi connectivity index (χ4v) is 3.56. The third-order valence-electron chi connectivity index (χ3n) is 5.22. The molecule has 0 aromatic heterocycles. The largest absolute Gasteiger partial charge is 0.373 e. The van der Waals surface area contributed by atoms with Crippen LogP contribution in [0.2, 0.25) is 0 Å². The number of benzene rings is 2. The summed E-state index contributed by atoms with van der Waals surface area (Å²) in [5.74, 6) is -0.338. The smallest absolute Gasteiger partial charge is 0.240 e. The van der Waals surface area contributed by atoms with Crippen LogP contribution >= 0.6 is 0 Å². The van der Waals surface area contributed by atoms with Gasteiger partial charge in [-0.1, -0.05) is 36.4 Å². The third-order valence-corrected chi connectivity index (χ3v) is 5.22. The second-order valence-electron chi connectivity index (χ2n) is 7.46. The third kappa shape index (κ3) is 5.23. The molecule has 0 spiro atoms. The molecule has 1 unspecified atom stereocenters. The predicted octanol–water partition coefficient (Wildman–Crippen LogP) is 2.73. The highest BCUT2D eigenvalue weighted by molar-refractivity contribution is 5.83. The van der Waals surface area contributed by atoms with Crippen molar-refractivity contribution in [1.29, 1.82) is 0 Å². The highest BCUT2D eigenvalue weighted by atomic mass is 16.1. The van der Waals surface area contributed by atoms with Gasteiger partial charge in [-0.3, -0.25) is 9.69 Å². The van der Waals surface area contributed by atoms with Gasteiger partial charge in [0.05, 0.1) is 0 Å². The Bertz CT molecular complexity index is 739. The zero-order valence-corrected chi connectivity index (χ0v) is 16.3. The SMILES string of the molecule is CC(C)N1CCN(c2cccc(NC(Cc3ccccc3)C(N)=O)c2)CC1. The van der Waals surface area contributed by atoms with Crippen molar-refractivity contribution in [2.45, 2.75) is 32.4 Å². The molecule has 1 saturated heterocycles. The second-order valence-corrected chi connectivity index (χ2v) is 7.46. The first-order chi connectivity index (χ1) is 13.0. The molecule has 0 bridgehead atoms. The number of nitrogens with zero attached hydrogens (tertiary/aromatic N) is 2. The van der Waals surface area contributed by atoms with Gasteiger partial charge in [-0.15, -0.1) is 0 Å². The average Bonchev–Trinajstić information content (AvgIpc) is 2.68. The van der Waals surface area contributed by atoms with E-state index in [0.717, 1.165) is 37.4 Å². The van der Waals surface area contributed by atoms with Crippen LogP contribution in [0.1, 0.15) is 19.4 Å². The lowest BCUT2D eigenvalue weighted by Crippen LogP contribution is -2.48. The van der Waals surface area contributed by atoms with Crippen molar-refractivity contribution >= 4 is 17.3 Å². The molecule has 0 aliphatic carbocycles. The Morgan fingerprint density at radius 2 is 1.74 bits per heavy atom. The van der Waals surface area contributed by atoms with Crippen molar-refractivity contribution in [3.63, 3.8) is 0 Å². The molecule has 144 valence electrons. The molecular weight excluding hydrogens is 336 g/mol. The number of hydrogen-bond donors (Lipinski definition) is 2. The monoisotopic (exact) mass is 366 g/mol. The summed E-state index contributed by atoms with van der Waals surface area (Å²) < 4.78 is 0. The van der Waals surface area contributed by atoms with Gasteiger partial charge < -0.3 is 16.0 Å². The number of hydrogen-bond acceptors (Lipinski definition) is 4. The van der Waals surface area contributed by atoms with Gasteiger partial charge in [-0.2, -0.15) is 0 Å². The number of nitrogens with one attached hydrogen (secondary N) is 1. The van der Waals surface area contributed by atoms with E-state index in [1.54, 1.807) is 0 Å². The van der Waals surface area contributed by atoms with Crippen molar-refractivity contribution in [2.75, 3.05) is 36.4 Å². The summed E-state index contributed by atoms with van der Waals surface area (Å²) in [6.07, 6.45) is 0.577. The van der Waals surface area contributed by atoms with Crippen LogP contribution in [0.3, 0.4) is 0 Å². The molecule has 1 heterocycles. The fourth-order valence-electron chi connectivity index (χ4n) is 3.56. The predicted molar refractivity (Wildman–Crippen MR) is 112 cm³/mol. The van der Waals surface area contributed by atoms with Crippen molar-refractivity contribution < 1.29 is 4.79 Å². The topological polar surface area (TPSA) is 61.6 Å².